The average Bonchev–Trinajstić information content (AvgIpc) is 2.73. The van der Waals surface area contributed by atoms with Crippen LogP contribution in [0.1, 0.15) is 29.8 Å². The maximum atomic E-state index is 5.29. The Morgan fingerprint density at radius 1 is 1.19 bits per heavy atom. The average molecular weight is 243 g/mol. The van der Waals surface area contributed by atoms with Crippen LogP contribution in [0.15, 0.2) is 0 Å². The zero-order chi connectivity index (χ0) is 11.6. The molecule has 0 saturated heterocycles. The Morgan fingerprint density at radius 2 is 1.88 bits per heavy atom. The van der Waals surface area contributed by atoms with Crippen LogP contribution in [0, 0.1) is 0 Å². The summed E-state index contributed by atoms with van der Waals surface area (Å²) in [5.41, 5.74) is 0. The molecule has 0 aliphatic carbocycles. The van der Waals surface area contributed by atoms with Gasteiger partial charge in [0.1, 0.15) is 10.0 Å². The van der Waals surface area contributed by atoms with E-state index >= 15 is 0 Å². The van der Waals surface area contributed by atoms with Crippen molar-refractivity contribution in [2.24, 2.45) is 0 Å². The molecule has 1 aromatic heterocycles. The molecule has 0 aliphatic rings. The third kappa shape index (κ3) is 5.53. The number of hydrogen-bond donors (Lipinski definition) is 1. The van der Waals surface area contributed by atoms with Crippen LogP contribution in [0.4, 0.5) is 0 Å². The zero-order valence-electron chi connectivity index (χ0n) is 10.2. The molecule has 0 unspecified atom stereocenters. The molecule has 0 atom stereocenters. The van der Waals surface area contributed by atoms with Gasteiger partial charge in [-0.2, -0.15) is 0 Å². The van der Waals surface area contributed by atoms with E-state index in [9.17, 15) is 0 Å². The minimum Gasteiger partial charge on any atom is -0.382 e. The van der Waals surface area contributed by atoms with Gasteiger partial charge in [0.15, 0.2) is 0 Å². The Hall–Kier alpha value is -0.520. The zero-order valence-corrected chi connectivity index (χ0v) is 11.0. The molecule has 0 radical (unpaired) electrons. The summed E-state index contributed by atoms with van der Waals surface area (Å²) in [4.78, 5) is 0. The summed E-state index contributed by atoms with van der Waals surface area (Å²) < 4.78 is 5.29. The maximum absolute atomic E-state index is 5.29. The van der Waals surface area contributed by atoms with E-state index in [0.29, 0.717) is 0 Å². The van der Waals surface area contributed by atoms with Crippen LogP contribution in [-0.4, -0.2) is 37.0 Å². The lowest BCUT2D eigenvalue weighted by Gasteiger charge is -1.97. The summed E-state index contributed by atoms with van der Waals surface area (Å²) in [5, 5.41) is 13.8. The molecular formula is C11H21N3OS. The largest absolute Gasteiger partial charge is 0.382 e. The molecular weight excluding hydrogens is 222 g/mol. The van der Waals surface area contributed by atoms with Crippen molar-refractivity contribution < 1.29 is 4.74 Å². The lowest BCUT2D eigenvalue weighted by molar-refractivity contribution is 0.145. The van der Waals surface area contributed by atoms with Crippen LogP contribution >= 0.6 is 11.3 Å². The van der Waals surface area contributed by atoms with Crippen molar-refractivity contribution in [2.75, 3.05) is 26.8 Å². The summed E-state index contributed by atoms with van der Waals surface area (Å²) in [6, 6.07) is 0. The fourth-order valence-electron chi connectivity index (χ4n) is 1.38. The first-order valence-electron chi connectivity index (χ1n) is 5.90. The Labute approximate surface area is 101 Å². The number of hydrogen-bond acceptors (Lipinski definition) is 5. The van der Waals surface area contributed by atoms with Gasteiger partial charge in [0.2, 0.25) is 0 Å². The van der Waals surface area contributed by atoms with Crippen molar-refractivity contribution in [2.45, 2.75) is 32.6 Å². The summed E-state index contributed by atoms with van der Waals surface area (Å²) >= 11 is 1.74. The summed E-state index contributed by atoms with van der Waals surface area (Å²) in [5.74, 6) is 0. The fraction of sp³-hybridized carbons (Fsp3) is 0.818. The Kier molecular flexibility index (Phi) is 7.29. The number of aromatic nitrogens is 2. The van der Waals surface area contributed by atoms with Gasteiger partial charge in [0.05, 0.1) is 0 Å². The lowest BCUT2D eigenvalue weighted by Crippen LogP contribution is -2.08. The van der Waals surface area contributed by atoms with Crippen LogP contribution in [0.5, 0.6) is 0 Å². The quantitative estimate of drug-likeness (QED) is 0.670. The molecule has 0 amide bonds. The van der Waals surface area contributed by atoms with Gasteiger partial charge in [-0.3, -0.25) is 0 Å². The topological polar surface area (TPSA) is 47.0 Å². The smallest absolute Gasteiger partial charge is 0.117 e. The molecule has 16 heavy (non-hydrogen) atoms. The van der Waals surface area contributed by atoms with E-state index in [1.54, 1.807) is 11.3 Å². The predicted octanol–water partition coefficient (Wildman–Crippen LogP) is 1.66. The number of nitrogens with zero attached hydrogens (tertiary/aromatic N) is 2. The third-order valence-corrected chi connectivity index (χ3v) is 3.25. The first-order valence-corrected chi connectivity index (χ1v) is 6.72. The number of nitrogens with one attached hydrogen (secondary N) is 1. The molecule has 0 fully saturated rings. The lowest BCUT2D eigenvalue weighted by atomic mass is 10.3. The molecule has 1 rings (SSSR count). The van der Waals surface area contributed by atoms with Gasteiger partial charge in [0, 0.05) is 26.1 Å². The second-order valence-electron chi connectivity index (χ2n) is 3.60. The summed E-state index contributed by atoms with van der Waals surface area (Å²) in [7, 11) is 1.97. The van der Waals surface area contributed by atoms with Crippen molar-refractivity contribution >= 4 is 11.3 Å². The SMILES string of the molecule is CCOCCCc1nnc(CCCNC)s1. The number of ether oxygens (including phenoxy) is 1. The molecule has 0 bridgehead atoms. The van der Waals surface area contributed by atoms with Gasteiger partial charge < -0.3 is 10.1 Å². The standard InChI is InChI=1S/C11H21N3OS/c1-3-15-9-5-7-11-14-13-10(16-11)6-4-8-12-2/h12H,3-9H2,1-2H3. The van der Waals surface area contributed by atoms with Crippen molar-refractivity contribution in [1.82, 2.24) is 15.5 Å². The van der Waals surface area contributed by atoms with Crippen molar-refractivity contribution in [3.63, 3.8) is 0 Å². The van der Waals surface area contributed by atoms with Crippen LogP contribution in [0.2, 0.25) is 0 Å². The molecule has 1 heterocycles. The van der Waals surface area contributed by atoms with Crippen molar-refractivity contribution in [3.8, 4) is 0 Å². The molecule has 0 aliphatic heterocycles. The van der Waals surface area contributed by atoms with Crippen molar-refractivity contribution in [1.29, 1.82) is 0 Å². The van der Waals surface area contributed by atoms with Crippen LogP contribution in [0.25, 0.3) is 0 Å². The van der Waals surface area contributed by atoms with E-state index in [1.807, 2.05) is 14.0 Å². The summed E-state index contributed by atoms with van der Waals surface area (Å²) in [6.45, 7) is 4.68. The number of rotatable bonds is 9. The molecule has 1 N–H and O–H groups in total. The van der Waals surface area contributed by atoms with Gasteiger partial charge in [-0.25, -0.2) is 0 Å². The fourth-order valence-corrected chi connectivity index (χ4v) is 2.30. The van der Waals surface area contributed by atoms with Crippen molar-refractivity contribution in [3.05, 3.63) is 10.0 Å². The highest BCUT2D eigenvalue weighted by molar-refractivity contribution is 7.11. The minimum absolute atomic E-state index is 0.797. The second-order valence-corrected chi connectivity index (χ2v) is 4.74. The molecule has 92 valence electrons. The van der Waals surface area contributed by atoms with Gasteiger partial charge in [-0.15, -0.1) is 21.5 Å². The maximum Gasteiger partial charge on any atom is 0.117 e. The van der Waals surface area contributed by atoms with E-state index in [4.69, 9.17) is 4.74 Å². The summed E-state index contributed by atoms with van der Waals surface area (Å²) in [6.07, 6.45) is 4.19. The minimum atomic E-state index is 0.797. The molecule has 1 aromatic rings. The van der Waals surface area contributed by atoms with E-state index in [2.05, 4.69) is 15.5 Å². The van der Waals surface area contributed by atoms with Crippen LogP contribution < -0.4 is 5.32 Å². The molecule has 0 spiro atoms. The monoisotopic (exact) mass is 243 g/mol. The van der Waals surface area contributed by atoms with Gasteiger partial charge in [0.25, 0.3) is 0 Å². The number of aryl methyl sites for hydroxylation is 2. The van der Waals surface area contributed by atoms with E-state index in [0.717, 1.165) is 55.5 Å². The Morgan fingerprint density at radius 3 is 2.50 bits per heavy atom. The van der Waals surface area contributed by atoms with E-state index in [1.165, 1.54) is 0 Å². The van der Waals surface area contributed by atoms with E-state index < -0.39 is 0 Å². The first kappa shape index (κ1) is 13.5. The second kappa shape index (κ2) is 8.61. The first-order chi connectivity index (χ1) is 7.86. The highest BCUT2D eigenvalue weighted by Crippen LogP contribution is 2.13. The van der Waals surface area contributed by atoms with E-state index in [-0.39, 0.29) is 0 Å². The normalized spacial score (nSPS) is 10.9. The third-order valence-electron chi connectivity index (χ3n) is 2.21. The molecule has 0 aromatic carbocycles. The molecule has 4 nitrogen and oxygen atoms in total. The van der Waals surface area contributed by atoms with Gasteiger partial charge >= 0.3 is 0 Å². The van der Waals surface area contributed by atoms with Crippen LogP contribution in [0.3, 0.4) is 0 Å². The van der Waals surface area contributed by atoms with Crippen LogP contribution in [-0.2, 0) is 17.6 Å². The highest BCUT2D eigenvalue weighted by atomic mass is 32.1. The van der Waals surface area contributed by atoms with Gasteiger partial charge in [-0.05, 0) is 33.4 Å². The Balaban J connectivity index is 2.17. The molecule has 5 heteroatoms. The molecule has 0 saturated carbocycles. The predicted molar refractivity (Wildman–Crippen MR) is 67.0 cm³/mol. The highest BCUT2D eigenvalue weighted by Gasteiger charge is 2.03. The van der Waals surface area contributed by atoms with Gasteiger partial charge in [-0.1, -0.05) is 0 Å². The Bertz CT molecular complexity index is 278.